The highest BCUT2D eigenvalue weighted by Gasteiger charge is 2.14. The third-order valence-electron chi connectivity index (χ3n) is 2.65. The van der Waals surface area contributed by atoms with E-state index in [0.29, 0.717) is 17.7 Å². The summed E-state index contributed by atoms with van der Waals surface area (Å²) in [6.45, 7) is 6.46. The molecule has 0 aliphatic carbocycles. The molecule has 2 aromatic heterocycles. The van der Waals surface area contributed by atoms with Gasteiger partial charge in [0.25, 0.3) is 0 Å². The maximum absolute atomic E-state index is 11.8. The minimum atomic E-state index is -0.206. The molecule has 19 heavy (non-hydrogen) atoms. The van der Waals surface area contributed by atoms with Crippen LogP contribution in [0.3, 0.4) is 0 Å². The van der Waals surface area contributed by atoms with Gasteiger partial charge in [0.1, 0.15) is 0 Å². The van der Waals surface area contributed by atoms with Gasteiger partial charge in [-0.2, -0.15) is 0 Å². The molecule has 0 aliphatic rings. The number of aryl methyl sites for hydroxylation is 1. The Morgan fingerprint density at radius 1 is 1.53 bits per heavy atom. The van der Waals surface area contributed by atoms with E-state index in [1.54, 1.807) is 12.4 Å². The fourth-order valence-corrected chi connectivity index (χ4v) is 2.23. The lowest BCUT2D eigenvalue weighted by Crippen LogP contribution is -2.40. The normalized spacial score (nSPS) is 11.7. The fraction of sp³-hybridized carbons (Fsp3) is 0.462. The molecule has 1 amide bonds. The van der Waals surface area contributed by atoms with E-state index in [1.807, 2.05) is 31.4 Å². The Bertz CT molecular complexity index is 650. The van der Waals surface area contributed by atoms with Gasteiger partial charge in [-0.05, 0) is 39.1 Å². The van der Waals surface area contributed by atoms with Gasteiger partial charge in [-0.3, -0.25) is 9.78 Å². The zero-order valence-electron chi connectivity index (χ0n) is 11.4. The van der Waals surface area contributed by atoms with Crippen LogP contribution in [0.25, 0.3) is 11.0 Å². The van der Waals surface area contributed by atoms with Gasteiger partial charge in [-0.1, -0.05) is 0 Å². The number of pyridine rings is 1. The fourth-order valence-electron chi connectivity index (χ4n) is 1.93. The van der Waals surface area contributed by atoms with Crippen molar-refractivity contribution in [1.82, 2.24) is 19.9 Å². The monoisotopic (exact) mass is 278 g/mol. The van der Waals surface area contributed by atoms with Gasteiger partial charge in [0.05, 0.1) is 17.2 Å². The van der Waals surface area contributed by atoms with Crippen molar-refractivity contribution >= 4 is 29.2 Å². The minimum absolute atomic E-state index is 0.0257. The molecule has 2 aromatic rings. The van der Waals surface area contributed by atoms with Crippen LogP contribution in [-0.4, -0.2) is 26.0 Å². The van der Waals surface area contributed by atoms with Crippen LogP contribution >= 0.6 is 12.2 Å². The number of fused-ring (bicyclic) bond motifs is 1. The molecule has 0 bridgehead atoms. The maximum atomic E-state index is 11.8. The molecule has 102 valence electrons. The van der Waals surface area contributed by atoms with Gasteiger partial charge in [-0.15, -0.1) is 0 Å². The SMILES string of the molecule is CC(C)(C)NC(=O)CCn1c(=S)[nH]c2cnccc21. The highest BCUT2D eigenvalue weighted by molar-refractivity contribution is 7.71. The van der Waals surface area contributed by atoms with Crippen LogP contribution in [-0.2, 0) is 11.3 Å². The Morgan fingerprint density at radius 2 is 2.26 bits per heavy atom. The van der Waals surface area contributed by atoms with Crippen LogP contribution in [0.1, 0.15) is 27.2 Å². The predicted octanol–water partition coefficient (Wildman–Crippen LogP) is 2.40. The van der Waals surface area contributed by atoms with Crippen LogP contribution in [0.4, 0.5) is 0 Å². The van der Waals surface area contributed by atoms with Gasteiger partial charge >= 0.3 is 0 Å². The molecular weight excluding hydrogens is 260 g/mol. The molecule has 2 N–H and O–H groups in total. The van der Waals surface area contributed by atoms with Crippen LogP contribution in [0.5, 0.6) is 0 Å². The van der Waals surface area contributed by atoms with Crippen molar-refractivity contribution in [3.05, 3.63) is 23.2 Å². The lowest BCUT2D eigenvalue weighted by molar-refractivity contribution is -0.122. The molecule has 0 atom stereocenters. The summed E-state index contributed by atoms with van der Waals surface area (Å²) in [4.78, 5) is 18.9. The van der Waals surface area contributed by atoms with Gasteiger partial charge in [0, 0.05) is 24.7 Å². The number of aromatic nitrogens is 3. The van der Waals surface area contributed by atoms with Crippen LogP contribution in [0.15, 0.2) is 18.5 Å². The molecule has 0 radical (unpaired) electrons. The highest BCUT2D eigenvalue weighted by Crippen LogP contribution is 2.12. The van der Waals surface area contributed by atoms with Gasteiger partial charge < -0.3 is 14.9 Å². The second kappa shape index (κ2) is 5.13. The van der Waals surface area contributed by atoms with Crippen LogP contribution < -0.4 is 5.32 Å². The summed E-state index contributed by atoms with van der Waals surface area (Å²) in [5.74, 6) is 0.0257. The van der Waals surface area contributed by atoms with Gasteiger partial charge in [0.2, 0.25) is 5.91 Å². The average molecular weight is 278 g/mol. The number of hydrogen-bond donors (Lipinski definition) is 2. The lowest BCUT2D eigenvalue weighted by atomic mass is 10.1. The first-order valence-electron chi connectivity index (χ1n) is 6.20. The Balaban J connectivity index is 2.12. The third kappa shape index (κ3) is 3.41. The van der Waals surface area contributed by atoms with Crippen LogP contribution in [0, 0.1) is 4.77 Å². The standard InChI is InChI=1S/C13H18N4OS/c1-13(2,3)16-11(18)5-7-17-10-4-6-14-8-9(10)15-12(17)19/h4,6,8H,5,7H2,1-3H3,(H,15,19)(H,16,18). The van der Waals surface area contributed by atoms with E-state index in [2.05, 4.69) is 15.3 Å². The van der Waals surface area contributed by atoms with Crippen molar-refractivity contribution in [2.75, 3.05) is 0 Å². The summed E-state index contributed by atoms with van der Waals surface area (Å²) < 4.78 is 2.54. The molecule has 0 spiro atoms. The number of amides is 1. The van der Waals surface area contributed by atoms with Crippen molar-refractivity contribution in [1.29, 1.82) is 0 Å². The maximum Gasteiger partial charge on any atom is 0.222 e. The number of aromatic amines is 1. The summed E-state index contributed by atoms with van der Waals surface area (Å²) in [5, 5.41) is 2.94. The lowest BCUT2D eigenvalue weighted by Gasteiger charge is -2.20. The van der Waals surface area contributed by atoms with Crippen LogP contribution in [0.2, 0.25) is 0 Å². The van der Waals surface area contributed by atoms with E-state index in [-0.39, 0.29) is 11.4 Å². The van der Waals surface area contributed by atoms with Crippen molar-refractivity contribution in [3.8, 4) is 0 Å². The number of nitrogens with zero attached hydrogens (tertiary/aromatic N) is 2. The molecule has 2 heterocycles. The number of carbonyl (C=O) groups excluding carboxylic acids is 1. The first kappa shape index (κ1) is 13.7. The number of hydrogen-bond acceptors (Lipinski definition) is 3. The molecule has 0 aliphatic heterocycles. The molecule has 2 rings (SSSR count). The quantitative estimate of drug-likeness (QED) is 0.847. The highest BCUT2D eigenvalue weighted by atomic mass is 32.1. The molecule has 0 fully saturated rings. The van der Waals surface area contributed by atoms with E-state index in [4.69, 9.17) is 12.2 Å². The Kier molecular flexibility index (Phi) is 3.71. The van der Waals surface area contributed by atoms with E-state index in [9.17, 15) is 4.79 Å². The first-order chi connectivity index (χ1) is 8.87. The van der Waals surface area contributed by atoms with Crippen molar-refractivity contribution in [3.63, 3.8) is 0 Å². The zero-order valence-corrected chi connectivity index (χ0v) is 12.2. The smallest absolute Gasteiger partial charge is 0.222 e. The van der Waals surface area contributed by atoms with E-state index in [1.165, 1.54) is 0 Å². The van der Waals surface area contributed by atoms with E-state index < -0.39 is 0 Å². The summed E-state index contributed by atoms with van der Waals surface area (Å²) in [7, 11) is 0. The predicted molar refractivity (Wildman–Crippen MR) is 77.4 cm³/mol. The topological polar surface area (TPSA) is 62.7 Å². The second-order valence-electron chi connectivity index (χ2n) is 5.52. The Hall–Kier alpha value is -1.69. The zero-order chi connectivity index (χ0) is 14.0. The largest absolute Gasteiger partial charge is 0.351 e. The van der Waals surface area contributed by atoms with Gasteiger partial charge in [0.15, 0.2) is 4.77 Å². The summed E-state index contributed by atoms with van der Waals surface area (Å²) in [5.41, 5.74) is 1.66. The van der Waals surface area contributed by atoms with Crippen molar-refractivity contribution in [2.24, 2.45) is 0 Å². The number of nitrogens with one attached hydrogen (secondary N) is 2. The molecular formula is C13H18N4OS. The first-order valence-corrected chi connectivity index (χ1v) is 6.61. The number of imidazole rings is 1. The number of rotatable bonds is 3. The van der Waals surface area contributed by atoms with Crippen molar-refractivity contribution < 1.29 is 4.79 Å². The Morgan fingerprint density at radius 3 is 2.95 bits per heavy atom. The molecule has 0 unspecified atom stereocenters. The number of carbonyl (C=O) groups is 1. The molecule has 0 saturated carbocycles. The molecule has 6 heteroatoms. The second-order valence-corrected chi connectivity index (χ2v) is 5.91. The molecule has 5 nitrogen and oxygen atoms in total. The molecule has 0 aromatic carbocycles. The van der Waals surface area contributed by atoms with Crippen molar-refractivity contribution in [2.45, 2.75) is 39.3 Å². The third-order valence-corrected chi connectivity index (χ3v) is 2.97. The number of H-pyrrole nitrogens is 1. The summed E-state index contributed by atoms with van der Waals surface area (Å²) >= 11 is 5.26. The molecule has 0 saturated heterocycles. The summed E-state index contributed by atoms with van der Waals surface area (Å²) in [6.07, 6.45) is 3.86. The van der Waals surface area contributed by atoms with Gasteiger partial charge in [-0.25, -0.2) is 0 Å². The average Bonchev–Trinajstić information content (AvgIpc) is 2.60. The minimum Gasteiger partial charge on any atom is -0.351 e. The van der Waals surface area contributed by atoms with E-state index >= 15 is 0 Å². The summed E-state index contributed by atoms with van der Waals surface area (Å²) in [6, 6.07) is 1.89. The van der Waals surface area contributed by atoms with E-state index in [0.717, 1.165) is 11.0 Å². The Labute approximate surface area is 117 Å².